The van der Waals surface area contributed by atoms with Crippen LogP contribution in [0.25, 0.3) is 11.3 Å². The zero-order valence-electron chi connectivity index (χ0n) is 13.7. The fraction of sp³-hybridized carbons (Fsp3) is 0.211. The van der Waals surface area contributed by atoms with Crippen molar-refractivity contribution in [2.75, 3.05) is 6.54 Å². The van der Waals surface area contributed by atoms with Crippen molar-refractivity contribution < 1.29 is 9.32 Å². The predicted octanol–water partition coefficient (Wildman–Crippen LogP) is 2.71. The lowest BCUT2D eigenvalue weighted by atomic mass is 10.1. The second-order valence-corrected chi connectivity index (χ2v) is 5.64. The Bertz CT molecular complexity index is 884. The van der Waals surface area contributed by atoms with Crippen molar-refractivity contribution in [2.45, 2.75) is 19.4 Å². The molecule has 0 bridgehead atoms. The molecule has 0 aliphatic carbocycles. The minimum atomic E-state index is -0.261. The van der Waals surface area contributed by atoms with E-state index in [9.17, 15) is 9.59 Å². The summed E-state index contributed by atoms with van der Waals surface area (Å²) in [4.78, 5) is 23.7. The molecule has 1 amide bonds. The molecule has 128 valence electrons. The Kier molecular flexibility index (Phi) is 5.41. The van der Waals surface area contributed by atoms with E-state index in [1.807, 2.05) is 36.4 Å². The van der Waals surface area contributed by atoms with Gasteiger partial charge in [-0.25, -0.2) is 0 Å². The van der Waals surface area contributed by atoms with E-state index in [0.29, 0.717) is 18.8 Å². The van der Waals surface area contributed by atoms with E-state index in [4.69, 9.17) is 4.52 Å². The van der Waals surface area contributed by atoms with E-state index < -0.39 is 0 Å². The third kappa shape index (κ3) is 4.44. The quantitative estimate of drug-likeness (QED) is 0.673. The summed E-state index contributed by atoms with van der Waals surface area (Å²) < 4.78 is 6.88. The molecule has 1 aromatic carbocycles. The second kappa shape index (κ2) is 8.10. The first-order valence-electron chi connectivity index (χ1n) is 8.20. The third-order valence-corrected chi connectivity index (χ3v) is 3.81. The standard InChI is InChI=1S/C19H19N3O3/c23-18-10-4-6-12-22(18)13-7-5-11-20-19(24)16-14-17(25-21-16)15-8-2-1-3-9-15/h1-4,6,8-10,12,14H,5,7,11,13H2,(H,20,24). The molecule has 0 fully saturated rings. The first-order chi connectivity index (χ1) is 12.2. The number of rotatable bonds is 7. The normalized spacial score (nSPS) is 10.6. The smallest absolute Gasteiger partial charge is 0.273 e. The molecule has 3 rings (SSSR count). The first kappa shape index (κ1) is 16.7. The van der Waals surface area contributed by atoms with E-state index in [1.54, 1.807) is 22.9 Å². The molecule has 0 radical (unpaired) electrons. The Labute approximate surface area is 145 Å². The highest BCUT2D eigenvalue weighted by molar-refractivity contribution is 5.93. The average molecular weight is 337 g/mol. The first-order valence-corrected chi connectivity index (χ1v) is 8.20. The molecule has 0 spiro atoms. The molecule has 2 aromatic heterocycles. The monoisotopic (exact) mass is 337 g/mol. The van der Waals surface area contributed by atoms with Gasteiger partial charge in [0.05, 0.1) is 0 Å². The Hall–Kier alpha value is -3.15. The van der Waals surface area contributed by atoms with Crippen LogP contribution >= 0.6 is 0 Å². The Morgan fingerprint density at radius 2 is 1.88 bits per heavy atom. The largest absolute Gasteiger partial charge is 0.355 e. The van der Waals surface area contributed by atoms with E-state index in [2.05, 4.69) is 10.5 Å². The highest BCUT2D eigenvalue weighted by Gasteiger charge is 2.12. The van der Waals surface area contributed by atoms with Crippen LogP contribution in [0.15, 0.2) is 70.1 Å². The number of aryl methyl sites for hydroxylation is 1. The minimum Gasteiger partial charge on any atom is -0.355 e. The van der Waals surface area contributed by atoms with Crippen LogP contribution < -0.4 is 10.9 Å². The topological polar surface area (TPSA) is 77.1 Å². The van der Waals surface area contributed by atoms with Gasteiger partial charge in [0.15, 0.2) is 11.5 Å². The molecule has 0 saturated heterocycles. The van der Waals surface area contributed by atoms with Gasteiger partial charge < -0.3 is 14.4 Å². The Morgan fingerprint density at radius 1 is 1.08 bits per heavy atom. The van der Waals surface area contributed by atoms with Crippen LogP contribution in [0.1, 0.15) is 23.3 Å². The zero-order valence-corrected chi connectivity index (χ0v) is 13.7. The van der Waals surface area contributed by atoms with Gasteiger partial charge in [0.1, 0.15) is 0 Å². The second-order valence-electron chi connectivity index (χ2n) is 5.64. The maximum atomic E-state index is 12.1. The van der Waals surface area contributed by atoms with Crippen molar-refractivity contribution in [1.29, 1.82) is 0 Å². The number of carbonyl (C=O) groups excluding carboxylic acids is 1. The number of nitrogens with zero attached hydrogens (tertiary/aromatic N) is 2. The summed E-state index contributed by atoms with van der Waals surface area (Å²) in [5, 5.41) is 6.63. The average Bonchev–Trinajstić information content (AvgIpc) is 3.14. The van der Waals surface area contributed by atoms with E-state index in [-0.39, 0.29) is 17.2 Å². The van der Waals surface area contributed by atoms with Crippen LogP contribution in [0.5, 0.6) is 0 Å². The number of carbonyl (C=O) groups is 1. The predicted molar refractivity (Wildman–Crippen MR) is 94.2 cm³/mol. The third-order valence-electron chi connectivity index (χ3n) is 3.81. The number of unbranched alkanes of at least 4 members (excludes halogenated alkanes) is 1. The van der Waals surface area contributed by atoms with Crippen LogP contribution in [-0.4, -0.2) is 22.2 Å². The van der Waals surface area contributed by atoms with Gasteiger partial charge in [-0.1, -0.05) is 41.6 Å². The van der Waals surface area contributed by atoms with Crippen molar-refractivity contribution in [2.24, 2.45) is 0 Å². The van der Waals surface area contributed by atoms with Crippen molar-refractivity contribution in [3.05, 3.63) is 76.8 Å². The van der Waals surface area contributed by atoms with Gasteiger partial charge >= 0.3 is 0 Å². The minimum absolute atomic E-state index is 0.0115. The summed E-state index contributed by atoms with van der Waals surface area (Å²) >= 11 is 0. The summed E-state index contributed by atoms with van der Waals surface area (Å²) in [5.41, 5.74) is 1.13. The van der Waals surface area contributed by atoms with Crippen molar-refractivity contribution in [3.63, 3.8) is 0 Å². The summed E-state index contributed by atoms with van der Waals surface area (Å²) in [7, 11) is 0. The van der Waals surface area contributed by atoms with Crippen molar-refractivity contribution >= 4 is 5.91 Å². The van der Waals surface area contributed by atoms with Gasteiger partial charge in [-0.15, -0.1) is 0 Å². The van der Waals surface area contributed by atoms with Crippen LogP contribution in [0.2, 0.25) is 0 Å². The number of hydrogen-bond donors (Lipinski definition) is 1. The highest BCUT2D eigenvalue weighted by atomic mass is 16.5. The fourth-order valence-electron chi connectivity index (χ4n) is 2.47. The highest BCUT2D eigenvalue weighted by Crippen LogP contribution is 2.19. The summed E-state index contributed by atoms with van der Waals surface area (Å²) in [6.45, 7) is 1.16. The molecule has 0 aliphatic heterocycles. The zero-order chi connectivity index (χ0) is 17.5. The van der Waals surface area contributed by atoms with Gasteiger partial charge in [0, 0.05) is 37.0 Å². The molecule has 0 atom stereocenters. The number of hydrogen-bond acceptors (Lipinski definition) is 4. The van der Waals surface area contributed by atoms with Crippen LogP contribution in [-0.2, 0) is 6.54 Å². The fourth-order valence-corrected chi connectivity index (χ4v) is 2.47. The van der Waals surface area contributed by atoms with Crippen LogP contribution in [0, 0.1) is 0 Å². The van der Waals surface area contributed by atoms with Crippen LogP contribution in [0.4, 0.5) is 0 Å². The molecule has 0 aliphatic rings. The molecule has 2 heterocycles. The lowest BCUT2D eigenvalue weighted by Gasteiger charge is -2.05. The van der Waals surface area contributed by atoms with E-state index >= 15 is 0 Å². The Balaban J connectivity index is 1.45. The SMILES string of the molecule is O=C(NCCCCn1ccccc1=O)c1cc(-c2ccccc2)on1. The number of pyridine rings is 1. The Morgan fingerprint density at radius 3 is 2.68 bits per heavy atom. The van der Waals surface area contributed by atoms with Gasteiger partial charge in [0.25, 0.3) is 5.91 Å². The molecule has 25 heavy (non-hydrogen) atoms. The molecule has 0 unspecified atom stereocenters. The molecule has 0 saturated carbocycles. The lowest BCUT2D eigenvalue weighted by Crippen LogP contribution is -2.25. The molecule has 3 aromatic rings. The number of benzene rings is 1. The molecule has 6 heteroatoms. The maximum absolute atomic E-state index is 12.1. The maximum Gasteiger partial charge on any atom is 0.273 e. The summed E-state index contributed by atoms with van der Waals surface area (Å²) in [5.74, 6) is 0.303. The molecule has 6 nitrogen and oxygen atoms in total. The van der Waals surface area contributed by atoms with E-state index in [1.165, 1.54) is 6.07 Å². The molecular weight excluding hydrogens is 318 g/mol. The van der Waals surface area contributed by atoms with Crippen LogP contribution in [0.3, 0.4) is 0 Å². The van der Waals surface area contributed by atoms with Crippen molar-refractivity contribution in [3.8, 4) is 11.3 Å². The van der Waals surface area contributed by atoms with Gasteiger partial charge in [0.2, 0.25) is 5.56 Å². The number of nitrogens with one attached hydrogen (secondary N) is 1. The van der Waals surface area contributed by atoms with Gasteiger partial charge in [-0.05, 0) is 18.9 Å². The molecular formula is C19H19N3O3. The van der Waals surface area contributed by atoms with Gasteiger partial charge in [-0.2, -0.15) is 0 Å². The lowest BCUT2D eigenvalue weighted by molar-refractivity contribution is 0.0944. The number of amides is 1. The van der Waals surface area contributed by atoms with Crippen molar-refractivity contribution in [1.82, 2.24) is 15.0 Å². The molecule has 1 N–H and O–H groups in total. The van der Waals surface area contributed by atoms with Gasteiger partial charge in [-0.3, -0.25) is 9.59 Å². The van der Waals surface area contributed by atoms with E-state index in [0.717, 1.165) is 18.4 Å². The summed E-state index contributed by atoms with van der Waals surface area (Å²) in [6, 6.07) is 16.2. The number of aromatic nitrogens is 2. The summed E-state index contributed by atoms with van der Waals surface area (Å²) in [6.07, 6.45) is 3.34.